The molecule has 2 aromatic heterocycles. The molecule has 166 valence electrons. The zero-order chi connectivity index (χ0) is 23.0. The molecule has 1 aliphatic rings. The predicted octanol–water partition coefficient (Wildman–Crippen LogP) is 3.26. The monoisotopic (exact) mass is 453 g/mol. The molecular weight excluding hydrogens is 430 g/mol. The molecule has 32 heavy (non-hydrogen) atoms. The van der Waals surface area contributed by atoms with Gasteiger partial charge in [0.05, 0.1) is 27.0 Å². The number of hydrogen-bond donors (Lipinski definition) is 2. The SMILES string of the molecule is COc1cc(-c2c(C#N)c(N)nc3sc(C(=O)N4CCCC4)c(N)c23)cc(OC)c1OC. The van der Waals surface area contributed by atoms with E-state index in [0.29, 0.717) is 56.6 Å². The van der Waals surface area contributed by atoms with Gasteiger partial charge >= 0.3 is 0 Å². The first-order valence-electron chi connectivity index (χ1n) is 9.96. The molecular formula is C22H23N5O4S. The number of ether oxygens (including phenoxy) is 3. The highest BCUT2D eigenvalue weighted by Gasteiger charge is 2.28. The number of nitrogens with two attached hydrogens (primary N) is 2. The van der Waals surface area contributed by atoms with Crippen LogP contribution in [0.5, 0.6) is 17.2 Å². The van der Waals surface area contributed by atoms with Crippen LogP contribution in [0.1, 0.15) is 28.1 Å². The minimum Gasteiger partial charge on any atom is -0.493 e. The van der Waals surface area contributed by atoms with Crippen LogP contribution >= 0.6 is 11.3 Å². The molecule has 1 saturated heterocycles. The smallest absolute Gasteiger partial charge is 0.266 e. The Morgan fingerprint density at radius 2 is 1.75 bits per heavy atom. The van der Waals surface area contributed by atoms with Gasteiger partial charge in [0.1, 0.15) is 27.2 Å². The van der Waals surface area contributed by atoms with Crippen LogP contribution in [0.25, 0.3) is 21.3 Å². The lowest BCUT2D eigenvalue weighted by atomic mass is 9.96. The van der Waals surface area contributed by atoms with Crippen molar-refractivity contribution >= 4 is 39.0 Å². The number of methoxy groups -OCH3 is 3. The number of carbonyl (C=O) groups is 1. The first kappa shape index (κ1) is 21.5. The number of anilines is 2. The van der Waals surface area contributed by atoms with Crippen molar-refractivity contribution in [2.45, 2.75) is 12.8 Å². The highest BCUT2D eigenvalue weighted by Crippen LogP contribution is 2.47. The average Bonchev–Trinajstić information content (AvgIpc) is 3.45. The zero-order valence-electron chi connectivity index (χ0n) is 18.0. The van der Waals surface area contributed by atoms with E-state index in [4.69, 9.17) is 25.7 Å². The van der Waals surface area contributed by atoms with E-state index in [1.165, 1.54) is 32.7 Å². The van der Waals surface area contributed by atoms with E-state index in [1.807, 2.05) is 0 Å². The van der Waals surface area contributed by atoms with E-state index in [0.717, 1.165) is 12.8 Å². The van der Waals surface area contributed by atoms with Crippen LogP contribution in [-0.4, -0.2) is 50.2 Å². The van der Waals surface area contributed by atoms with Crippen LogP contribution in [0.4, 0.5) is 11.5 Å². The molecule has 3 heterocycles. The molecule has 3 aromatic rings. The van der Waals surface area contributed by atoms with Gasteiger partial charge in [0, 0.05) is 24.0 Å². The third kappa shape index (κ3) is 3.31. The third-order valence-electron chi connectivity index (χ3n) is 5.56. The molecule has 0 spiro atoms. The van der Waals surface area contributed by atoms with E-state index >= 15 is 0 Å². The van der Waals surface area contributed by atoms with Crippen molar-refractivity contribution in [3.63, 3.8) is 0 Å². The molecule has 1 amide bonds. The second kappa shape index (κ2) is 8.43. The highest BCUT2D eigenvalue weighted by molar-refractivity contribution is 7.21. The zero-order valence-corrected chi connectivity index (χ0v) is 18.8. The summed E-state index contributed by atoms with van der Waals surface area (Å²) < 4.78 is 16.4. The summed E-state index contributed by atoms with van der Waals surface area (Å²) in [6, 6.07) is 5.57. The van der Waals surface area contributed by atoms with Gasteiger partial charge in [-0.25, -0.2) is 4.98 Å². The number of rotatable bonds is 5. The molecule has 0 aliphatic carbocycles. The Kier molecular flexibility index (Phi) is 5.67. The van der Waals surface area contributed by atoms with E-state index in [2.05, 4.69) is 11.1 Å². The third-order valence-corrected chi connectivity index (χ3v) is 6.64. The molecule has 4 N–H and O–H groups in total. The summed E-state index contributed by atoms with van der Waals surface area (Å²) in [5.41, 5.74) is 14.2. The Morgan fingerprint density at radius 1 is 1.12 bits per heavy atom. The van der Waals surface area contributed by atoms with Gasteiger partial charge in [-0.15, -0.1) is 11.3 Å². The molecule has 1 aliphatic heterocycles. The lowest BCUT2D eigenvalue weighted by Gasteiger charge is -2.16. The van der Waals surface area contributed by atoms with Crippen molar-refractivity contribution in [3.05, 3.63) is 22.6 Å². The predicted molar refractivity (Wildman–Crippen MR) is 123 cm³/mol. The number of amides is 1. The summed E-state index contributed by atoms with van der Waals surface area (Å²) in [6.07, 6.45) is 1.94. The highest BCUT2D eigenvalue weighted by atomic mass is 32.1. The van der Waals surface area contributed by atoms with Crippen molar-refractivity contribution in [2.24, 2.45) is 0 Å². The Morgan fingerprint density at radius 3 is 2.28 bits per heavy atom. The van der Waals surface area contributed by atoms with Crippen molar-refractivity contribution in [3.8, 4) is 34.4 Å². The number of benzene rings is 1. The molecule has 0 bridgehead atoms. The Bertz CT molecular complexity index is 1230. The van der Waals surface area contributed by atoms with Crippen molar-refractivity contribution in [2.75, 3.05) is 45.9 Å². The van der Waals surface area contributed by atoms with Gasteiger partial charge in [0.15, 0.2) is 11.5 Å². The van der Waals surface area contributed by atoms with Gasteiger partial charge in [-0.05, 0) is 30.5 Å². The van der Waals surface area contributed by atoms with E-state index in [1.54, 1.807) is 17.0 Å². The Balaban J connectivity index is 2.02. The van der Waals surface area contributed by atoms with Crippen LogP contribution in [0.15, 0.2) is 12.1 Å². The number of aromatic nitrogens is 1. The van der Waals surface area contributed by atoms with Crippen LogP contribution in [0, 0.1) is 11.3 Å². The van der Waals surface area contributed by atoms with E-state index < -0.39 is 0 Å². The number of nitriles is 1. The second-order valence-corrected chi connectivity index (χ2v) is 8.30. The van der Waals surface area contributed by atoms with E-state index in [-0.39, 0.29) is 23.0 Å². The summed E-state index contributed by atoms with van der Waals surface area (Å²) in [7, 11) is 4.53. The first-order valence-corrected chi connectivity index (χ1v) is 10.8. The molecule has 10 heteroatoms. The topological polar surface area (TPSA) is 137 Å². The fourth-order valence-corrected chi connectivity index (χ4v) is 5.10. The van der Waals surface area contributed by atoms with Crippen LogP contribution in [-0.2, 0) is 0 Å². The first-order chi connectivity index (χ1) is 15.4. The molecule has 0 radical (unpaired) electrons. The lowest BCUT2D eigenvalue weighted by Crippen LogP contribution is -2.27. The quantitative estimate of drug-likeness (QED) is 0.601. The van der Waals surface area contributed by atoms with Crippen molar-refractivity contribution in [1.29, 1.82) is 5.26 Å². The lowest BCUT2D eigenvalue weighted by molar-refractivity contribution is 0.0798. The van der Waals surface area contributed by atoms with Crippen molar-refractivity contribution < 1.29 is 19.0 Å². The number of fused-ring (bicyclic) bond motifs is 1. The maximum Gasteiger partial charge on any atom is 0.266 e. The van der Waals surface area contributed by atoms with Gasteiger partial charge < -0.3 is 30.6 Å². The summed E-state index contributed by atoms with van der Waals surface area (Å²) in [4.78, 5) is 20.1. The molecule has 4 rings (SSSR count). The second-order valence-electron chi connectivity index (χ2n) is 7.30. The number of nitrogens with zero attached hydrogens (tertiary/aromatic N) is 3. The summed E-state index contributed by atoms with van der Waals surface area (Å²) in [5.74, 6) is 1.17. The average molecular weight is 454 g/mol. The Hall–Kier alpha value is -3.71. The summed E-state index contributed by atoms with van der Waals surface area (Å²) in [5, 5.41) is 10.4. The fourth-order valence-electron chi connectivity index (χ4n) is 4.02. The van der Waals surface area contributed by atoms with Gasteiger partial charge in [0.2, 0.25) is 5.75 Å². The Labute approximate surface area is 189 Å². The van der Waals surface area contributed by atoms with Gasteiger partial charge in [0.25, 0.3) is 5.91 Å². The number of hydrogen-bond acceptors (Lipinski definition) is 9. The number of thiophene rings is 1. The number of pyridine rings is 1. The largest absolute Gasteiger partial charge is 0.493 e. The number of nitrogen functional groups attached to an aromatic ring is 2. The summed E-state index contributed by atoms with van der Waals surface area (Å²) >= 11 is 1.18. The number of likely N-dealkylation sites (tertiary alicyclic amines) is 1. The molecule has 9 nitrogen and oxygen atoms in total. The van der Waals surface area contributed by atoms with Crippen LogP contribution in [0.2, 0.25) is 0 Å². The molecule has 1 aromatic carbocycles. The minimum atomic E-state index is -0.129. The molecule has 1 fully saturated rings. The standard InChI is InChI=1S/C22H23N5O4S/c1-29-13-8-11(9-14(30-2)18(13)31-3)15-12(10-23)20(25)26-21-16(15)17(24)19(32-21)22(28)27-6-4-5-7-27/h8-9H,4-7,24H2,1-3H3,(H2,25,26). The van der Waals surface area contributed by atoms with Crippen molar-refractivity contribution in [1.82, 2.24) is 9.88 Å². The fraction of sp³-hybridized carbons (Fsp3) is 0.318. The van der Waals surface area contributed by atoms with Gasteiger partial charge in [-0.3, -0.25) is 4.79 Å². The maximum atomic E-state index is 13.1. The van der Waals surface area contributed by atoms with Gasteiger partial charge in [-0.2, -0.15) is 5.26 Å². The van der Waals surface area contributed by atoms with Crippen LogP contribution in [0.3, 0.4) is 0 Å². The molecule has 0 atom stereocenters. The summed E-state index contributed by atoms with van der Waals surface area (Å²) in [6.45, 7) is 1.40. The maximum absolute atomic E-state index is 13.1. The van der Waals surface area contributed by atoms with Gasteiger partial charge in [-0.1, -0.05) is 0 Å². The minimum absolute atomic E-state index is 0.0603. The van der Waals surface area contributed by atoms with E-state index in [9.17, 15) is 10.1 Å². The molecule has 0 saturated carbocycles. The number of carbonyl (C=O) groups excluding carboxylic acids is 1. The van der Waals surface area contributed by atoms with Crippen LogP contribution < -0.4 is 25.7 Å². The molecule has 0 unspecified atom stereocenters. The normalized spacial score (nSPS) is 13.2.